The van der Waals surface area contributed by atoms with Crippen molar-refractivity contribution in [1.29, 1.82) is 0 Å². The molecule has 2 saturated heterocycles. The first-order valence-corrected chi connectivity index (χ1v) is 4.67. The van der Waals surface area contributed by atoms with E-state index in [0.717, 1.165) is 19.4 Å². The fourth-order valence-electron chi connectivity index (χ4n) is 2.63. The van der Waals surface area contributed by atoms with E-state index in [0.29, 0.717) is 19.5 Å². The number of nitrogens with zero attached hydrogens (tertiary/aromatic N) is 4. The molecule has 2 atom stereocenters. The zero-order chi connectivity index (χ0) is 9.31. The van der Waals surface area contributed by atoms with Crippen LogP contribution in [0.25, 0.3) is 10.4 Å². The van der Waals surface area contributed by atoms with Crippen LogP contribution in [0.5, 0.6) is 0 Å². The average Bonchev–Trinajstić information content (AvgIpc) is 2.57. The number of fused-ring (bicyclic) bond motifs is 1. The summed E-state index contributed by atoms with van der Waals surface area (Å²) in [6.07, 6.45) is 1.90. The van der Waals surface area contributed by atoms with E-state index in [-0.39, 0.29) is 5.54 Å². The first-order valence-electron chi connectivity index (χ1n) is 4.67. The molecule has 0 aromatic heterocycles. The van der Waals surface area contributed by atoms with Crippen molar-refractivity contribution in [3.8, 4) is 0 Å². The van der Waals surface area contributed by atoms with E-state index in [9.17, 15) is 4.39 Å². The summed E-state index contributed by atoms with van der Waals surface area (Å²) < 4.78 is 13.1. The largest absolute Gasteiger partial charge is 0.295 e. The average molecular weight is 184 g/mol. The summed E-state index contributed by atoms with van der Waals surface area (Å²) in [6, 6.07) is 0. The molecule has 0 bridgehead atoms. The lowest BCUT2D eigenvalue weighted by molar-refractivity contribution is 0.203. The van der Waals surface area contributed by atoms with Gasteiger partial charge in [0.1, 0.15) is 6.17 Å². The number of rotatable bonds is 2. The van der Waals surface area contributed by atoms with E-state index < -0.39 is 6.17 Å². The highest BCUT2D eigenvalue weighted by molar-refractivity contribution is 5.04. The van der Waals surface area contributed by atoms with Crippen LogP contribution in [0.1, 0.15) is 19.3 Å². The van der Waals surface area contributed by atoms with Gasteiger partial charge in [-0.25, -0.2) is 4.39 Å². The molecule has 0 aromatic carbocycles. The van der Waals surface area contributed by atoms with E-state index in [1.807, 2.05) is 0 Å². The fraction of sp³-hybridized carbons (Fsp3) is 1.00. The minimum atomic E-state index is -0.728. The summed E-state index contributed by atoms with van der Waals surface area (Å²) in [4.78, 5) is 4.90. The van der Waals surface area contributed by atoms with Crippen molar-refractivity contribution in [3.63, 3.8) is 0 Å². The fourth-order valence-corrected chi connectivity index (χ4v) is 2.63. The molecule has 0 N–H and O–H groups in total. The normalized spacial score (nSPS) is 38.7. The third-order valence-electron chi connectivity index (χ3n) is 3.19. The Kier molecular flexibility index (Phi) is 2.14. The van der Waals surface area contributed by atoms with Gasteiger partial charge in [0.05, 0.1) is 0 Å². The smallest absolute Gasteiger partial charge is 0.115 e. The predicted octanol–water partition coefficient (Wildman–Crippen LogP) is 1.87. The van der Waals surface area contributed by atoms with Crippen molar-refractivity contribution in [3.05, 3.63) is 10.4 Å². The first kappa shape index (κ1) is 8.78. The summed E-state index contributed by atoms with van der Waals surface area (Å²) in [5.41, 5.74) is 8.12. The van der Waals surface area contributed by atoms with Gasteiger partial charge in [0.15, 0.2) is 0 Å². The molecule has 0 aliphatic carbocycles. The highest BCUT2D eigenvalue weighted by Crippen LogP contribution is 2.40. The molecule has 2 rings (SSSR count). The van der Waals surface area contributed by atoms with Crippen LogP contribution in [-0.2, 0) is 0 Å². The van der Waals surface area contributed by atoms with Gasteiger partial charge in [0.2, 0.25) is 0 Å². The van der Waals surface area contributed by atoms with E-state index in [1.165, 1.54) is 0 Å². The Hall–Kier alpha value is -0.800. The molecule has 0 unspecified atom stereocenters. The van der Waals surface area contributed by atoms with Gasteiger partial charge in [0, 0.05) is 23.5 Å². The second-order valence-electron chi connectivity index (χ2n) is 3.96. The lowest BCUT2D eigenvalue weighted by atomic mass is 9.94. The van der Waals surface area contributed by atoms with Crippen molar-refractivity contribution >= 4 is 0 Å². The van der Waals surface area contributed by atoms with Crippen LogP contribution in [0.4, 0.5) is 4.39 Å². The van der Waals surface area contributed by atoms with Crippen LogP contribution in [0.15, 0.2) is 5.11 Å². The Morgan fingerprint density at radius 2 is 2.54 bits per heavy atom. The van der Waals surface area contributed by atoms with Gasteiger partial charge in [-0.15, -0.1) is 0 Å². The lowest BCUT2D eigenvalue weighted by Crippen LogP contribution is -2.40. The van der Waals surface area contributed by atoms with Crippen LogP contribution in [0.2, 0.25) is 0 Å². The molecule has 5 heteroatoms. The van der Waals surface area contributed by atoms with Crippen LogP contribution in [0, 0.1) is 0 Å². The zero-order valence-corrected chi connectivity index (χ0v) is 7.49. The molecular weight excluding hydrogens is 171 g/mol. The first-order chi connectivity index (χ1) is 6.27. The predicted molar refractivity (Wildman–Crippen MR) is 47.1 cm³/mol. The van der Waals surface area contributed by atoms with Gasteiger partial charge in [0.25, 0.3) is 0 Å². The van der Waals surface area contributed by atoms with E-state index in [1.54, 1.807) is 0 Å². The van der Waals surface area contributed by atoms with E-state index in [2.05, 4.69) is 14.9 Å². The van der Waals surface area contributed by atoms with Crippen molar-refractivity contribution in [2.45, 2.75) is 31.0 Å². The van der Waals surface area contributed by atoms with E-state index >= 15 is 0 Å². The standard InChI is InChI=1S/C8H13FN4/c9-7-4-8(6-11-12-10)2-1-3-13(8)5-7/h7H,1-6H2/t7-,8-/m0/s1. The van der Waals surface area contributed by atoms with Gasteiger partial charge in [-0.2, -0.15) is 0 Å². The Morgan fingerprint density at radius 1 is 1.69 bits per heavy atom. The minimum Gasteiger partial charge on any atom is -0.295 e. The van der Waals surface area contributed by atoms with Crippen molar-refractivity contribution in [2.24, 2.45) is 5.11 Å². The van der Waals surface area contributed by atoms with Crippen molar-refractivity contribution in [1.82, 2.24) is 4.90 Å². The van der Waals surface area contributed by atoms with Gasteiger partial charge in [-0.1, -0.05) is 5.11 Å². The second-order valence-corrected chi connectivity index (χ2v) is 3.96. The van der Waals surface area contributed by atoms with Crippen LogP contribution in [-0.4, -0.2) is 36.2 Å². The molecular formula is C8H13FN4. The second kappa shape index (κ2) is 3.16. The molecule has 0 spiro atoms. The summed E-state index contributed by atoms with van der Waals surface area (Å²) in [6.45, 7) is 1.92. The number of hydrogen-bond donors (Lipinski definition) is 0. The molecule has 4 nitrogen and oxygen atoms in total. The summed E-state index contributed by atoms with van der Waals surface area (Å²) in [5.74, 6) is 0. The van der Waals surface area contributed by atoms with Gasteiger partial charge >= 0.3 is 0 Å². The van der Waals surface area contributed by atoms with Crippen LogP contribution < -0.4 is 0 Å². The number of halogens is 1. The number of hydrogen-bond acceptors (Lipinski definition) is 2. The Balaban J connectivity index is 2.13. The van der Waals surface area contributed by atoms with Gasteiger partial charge in [-0.3, -0.25) is 4.90 Å². The third kappa shape index (κ3) is 1.38. The molecule has 0 aromatic rings. The van der Waals surface area contributed by atoms with Crippen LogP contribution >= 0.6 is 0 Å². The number of azide groups is 1. The SMILES string of the molecule is [N-]=[N+]=NC[C@@]12CCCN1C[C@@H](F)C2. The molecule has 0 saturated carbocycles. The number of alkyl halides is 1. The summed E-state index contributed by atoms with van der Waals surface area (Å²) in [5, 5.41) is 3.59. The topological polar surface area (TPSA) is 52.0 Å². The molecule has 0 radical (unpaired) electrons. The zero-order valence-electron chi connectivity index (χ0n) is 7.49. The van der Waals surface area contributed by atoms with E-state index in [4.69, 9.17) is 5.53 Å². The van der Waals surface area contributed by atoms with Crippen molar-refractivity contribution < 1.29 is 4.39 Å². The molecule has 13 heavy (non-hydrogen) atoms. The quantitative estimate of drug-likeness (QED) is 0.367. The monoisotopic (exact) mass is 184 g/mol. The maximum atomic E-state index is 13.1. The van der Waals surface area contributed by atoms with Crippen molar-refractivity contribution in [2.75, 3.05) is 19.6 Å². The Bertz CT molecular complexity index is 251. The van der Waals surface area contributed by atoms with Crippen LogP contribution in [0.3, 0.4) is 0 Å². The molecule has 2 aliphatic heterocycles. The highest BCUT2D eigenvalue weighted by Gasteiger charge is 2.47. The maximum absolute atomic E-state index is 13.1. The molecule has 0 amide bonds. The molecule has 2 fully saturated rings. The summed E-state index contributed by atoms with van der Waals surface area (Å²) in [7, 11) is 0. The maximum Gasteiger partial charge on any atom is 0.115 e. The Morgan fingerprint density at radius 3 is 3.31 bits per heavy atom. The van der Waals surface area contributed by atoms with Gasteiger partial charge in [-0.05, 0) is 31.3 Å². The third-order valence-corrected chi connectivity index (χ3v) is 3.19. The minimum absolute atomic E-state index is 0.133. The molecule has 2 heterocycles. The highest BCUT2D eigenvalue weighted by atomic mass is 19.1. The summed E-state index contributed by atoms with van der Waals surface area (Å²) >= 11 is 0. The Labute approximate surface area is 76.3 Å². The molecule has 2 aliphatic rings. The van der Waals surface area contributed by atoms with Gasteiger partial charge < -0.3 is 0 Å². The molecule has 72 valence electrons. The lowest BCUT2D eigenvalue weighted by Gasteiger charge is -2.29.